The van der Waals surface area contributed by atoms with Gasteiger partial charge in [-0.05, 0) is 24.1 Å². The second-order valence-corrected chi connectivity index (χ2v) is 6.31. The first-order valence-electron chi connectivity index (χ1n) is 9.16. The monoisotopic (exact) mass is 435 g/mol. The molecule has 3 rings (SSSR count). The van der Waals surface area contributed by atoms with Crippen molar-refractivity contribution >= 4 is 24.2 Å². The maximum absolute atomic E-state index is 6.15. The third-order valence-electron chi connectivity index (χ3n) is 4.41. The van der Waals surface area contributed by atoms with E-state index < -0.39 is 0 Å². The molecule has 0 spiro atoms. The summed E-state index contributed by atoms with van der Waals surface area (Å²) < 4.78 is 21.4. The van der Waals surface area contributed by atoms with E-state index in [0.29, 0.717) is 47.7 Å². The van der Waals surface area contributed by atoms with Crippen molar-refractivity contribution in [3.05, 3.63) is 47.0 Å². The molecule has 0 atom stereocenters. The number of nitrogens with two attached hydrogens (primary N) is 1. The van der Waals surface area contributed by atoms with Gasteiger partial charge >= 0.3 is 0 Å². The van der Waals surface area contributed by atoms with E-state index in [4.69, 9.17) is 24.5 Å². The summed E-state index contributed by atoms with van der Waals surface area (Å²) in [6.07, 6.45) is 3.04. The van der Waals surface area contributed by atoms with E-state index in [1.165, 1.54) is 0 Å². The van der Waals surface area contributed by atoms with Crippen molar-refractivity contribution in [1.29, 1.82) is 0 Å². The van der Waals surface area contributed by atoms with Gasteiger partial charge in [0.25, 0.3) is 0 Å². The summed E-state index contributed by atoms with van der Waals surface area (Å²) in [7, 11) is 4.73. The highest BCUT2D eigenvalue weighted by Gasteiger charge is 2.15. The van der Waals surface area contributed by atoms with E-state index in [-0.39, 0.29) is 12.4 Å². The topological polar surface area (TPSA) is 118 Å². The first-order chi connectivity index (χ1) is 14.1. The van der Waals surface area contributed by atoms with Crippen LogP contribution < -0.4 is 25.3 Å². The Bertz CT molecular complexity index is 955. The Morgan fingerprint density at radius 3 is 2.30 bits per heavy atom. The standard InChI is InChI=1S/C20H25N5O4.ClH/c1-5-14-9-15(29-25-14)11-23-20-22-10-13(19(21)24-20)6-12-7-16(26-2)18(28-4)17(8-12)27-3;/h7-10H,5-6,11H2,1-4H3,(H3,21,22,23,24);1H. The summed E-state index contributed by atoms with van der Waals surface area (Å²) in [5, 5.41) is 7.05. The number of nitrogens with one attached hydrogen (secondary N) is 1. The number of aryl methyl sites for hydroxylation is 1. The lowest BCUT2D eigenvalue weighted by molar-refractivity contribution is 0.324. The van der Waals surface area contributed by atoms with Crippen molar-refractivity contribution in [3.8, 4) is 17.2 Å². The smallest absolute Gasteiger partial charge is 0.224 e. The average Bonchev–Trinajstić information content (AvgIpc) is 3.21. The number of nitrogen functional groups attached to an aromatic ring is 1. The Kier molecular flexibility index (Phi) is 8.11. The minimum Gasteiger partial charge on any atom is -0.493 e. The molecule has 10 heteroatoms. The fourth-order valence-corrected chi connectivity index (χ4v) is 2.87. The van der Waals surface area contributed by atoms with Crippen LogP contribution in [0.2, 0.25) is 0 Å². The fraction of sp³-hybridized carbons (Fsp3) is 0.350. The fourth-order valence-electron chi connectivity index (χ4n) is 2.87. The van der Waals surface area contributed by atoms with Gasteiger partial charge in [-0.15, -0.1) is 12.4 Å². The Morgan fingerprint density at radius 2 is 1.77 bits per heavy atom. The zero-order valence-corrected chi connectivity index (χ0v) is 18.2. The maximum atomic E-state index is 6.15. The Balaban J connectivity index is 0.00000320. The molecule has 0 saturated heterocycles. The van der Waals surface area contributed by atoms with Crippen LogP contribution in [-0.2, 0) is 19.4 Å². The number of nitrogens with zero attached hydrogens (tertiary/aromatic N) is 3. The molecule has 0 unspecified atom stereocenters. The molecule has 2 aromatic heterocycles. The predicted octanol–water partition coefficient (Wildman–Crippen LogP) is 3.26. The van der Waals surface area contributed by atoms with Crippen LogP contribution in [0.25, 0.3) is 0 Å². The van der Waals surface area contributed by atoms with Crippen LogP contribution in [0.1, 0.15) is 29.5 Å². The minimum atomic E-state index is 0. The van der Waals surface area contributed by atoms with Gasteiger partial charge in [0.2, 0.25) is 11.7 Å². The van der Waals surface area contributed by atoms with Gasteiger partial charge in [0.05, 0.1) is 33.6 Å². The van der Waals surface area contributed by atoms with Crippen molar-refractivity contribution in [2.24, 2.45) is 0 Å². The molecule has 9 nitrogen and oxygen atoms in total. The number of anilines is 2. The Labute approximate surface area is 181 Å². The molecule has 2 heterocycles. The Morgan fingerprint density at radius 1 is 1.07 bits per heavy atom. The van der Waals surface area contributed by atoms with Gasteiger partial charge in [-0.3, -0.25) is 0 Å². The van der Waals surface area contributed by atoms with Gasteiger partial charge in [0.15, 0.2) is 17.3 Å². The third-order valence-corrected chi connectivity index (χ3v) is 4.41. The molecule has 3 N–H and O–H groups in total. The second-order valence-electron chi connectivity index (χ2n) is 6.31. The third kappa shape index (κ3) is 5.24. The number of hydrogen-bond donors (Lipinski definition) is 2. The number of hydrogen-bond acceptors (Lipinski definition) is 9. The lowest BCUT2D eigenvalue weighted by atomic mass is 10.1. The molecular weight excluding hydrogens is 410 g/mol. The van der Waals surface area contributed by atoms with E-state index in [0.717, 1.165) is 23.2 Å². The van der Waals surface area contributed by atoms with Crippen molar-refractivity contribution in [3.63, 3.8) is 0 Å². The number of methoxy groups -OCH3 is 3. The summed E-state index contributed by atoms with van der Waals surface area (Å²) in [4.78, 5) is 8.68. The summed E-state index contributed by atoms with van der Waals surface area (Å²) in [5.74, 6) is 3.23. The highest BCUT2D eigenvalue weighted by atomic mass is 35.5. The molecule has 0 aliphatic carbocycles. The summed E-state index contributed by atoms with van der Waals surface area (Å²) in [6.45, 7) is 2.45. The van der Waals surface area contributed by atoms with E-state index in [2.05, 4.69) is 20.4 Å². The van der Waals surface area contributed by atoms with Crippen LogP contribution >= 0.6 is 12.4 Å². The van der Waals surface area contributed by atoms with Gasteiger partial charge < -0.3 is 29.8 Å². The van der Waals surface area contributed by atoms with Crippen LogP contribution in [-0.4, -0.2) is 36.5 Å². The molecule has 0 aliphatic rings. The first-order valence-corrected chi connectivity index (χ1v) is 9.16. The molecule has 0 fully saturated rings. The lowest BCUT2D eigenvalue weighted by Crippen LogP contribution is -2.07. The van der Waals surface area contributed by atoms with Gasteiger partial charge in [-0.1, -0.05) is 12.1 Å². The van der Waals surface area contributed by atoms with Gasteiger partial charge in [-0.2, -0.15) is 4.98 Å². The summed E-state index contributed by atoms with van der Waals surface area (Å²) in [5.41, 5.74) is 8.78. The molecule has 3 aromatic rings. The molecule has 162 valence electrons. The van der Waals surface area contributed by atoms with Crippen molar-refractivity contribution < 1.29 is 18.7 Å². The SMILES string of the molecule is CCc1cc(CNc2ncc(Cc3cc(OC)c(OC)c(OC)c3)c(N)n2)on1.Cl. The van der Waals surface area contributed by atoms with Crippen LogP contribution in [0.4, 0.5) is 11.8 Å². The number of ether oxygens (including phenoxy) is 3. The Hall–Kier alpha value is -3.20. The lowest BCUT2D eigenvalue weighted by Gasteiger charge is -2.14. The van der Waals surface area contributed by atoms with Gasteiger partial charge in [-0.25, -0.2) is 4.98 Å². The van der Waals surface area contributed by atoms with Crippen LogP contribution in [0.5, 0.6) is 17.2 Å². The molecule has 0 radical (unpaired) electrons. The van der Waals surface area contributed by atoms with Crippen molar-refractivity contribution in [1.82, 2.24) is 15.1 Å². The minimum absolute atomic E-state index is 0. The molecule has 0 bridgehead atoms. The largest absolute Gasteiger partial charge is 0.493 e. The molecule has 1 aromatic carbocycles. The predicted molar refractivity (Wildman–Crippen MR) is 116 cm³/mol. The van der Waals surface area contributed by atoms with Gasteiger partial charge in [0.1, 0.15) is 5.82 Å². The first kappa shape index (κ1) is 23.1. The molecule has 0 saturated carbocycles. The molecule has 0 amide bonds. The zero-order valence-electron chi connectivity index (χ0n) is 17.4. The van der Waals surface area contributed by atoms with E-state index >= 15 is 0 Å². The van der Waals surface area contributed by atoms with E-state index in [1.807, 2.05) is 25.1 Å². The van der Waals surface area contributed by atoms with Crippen molar-refractivity contribution in [2.45, 2.75) is 26.3 Å². The number of halogens is 1. The van der Waals surface area contributed by atoms with Crippen LogP contribution in [0.3, 0.4) is 0 Å². The van der Waals surface area contributed by atoms with Crippen LogP contribution in [0, 0.1) is 0 Å². The number of rotatable bonds is 9. The van der Waals surface area contributed by atoms with E-state index in [1.54, 1.807) is 27.5 Å². The van der Waals surface area contributed by atoms with Gasteiger partial charge in [0, 0.05) is 24.2 Å². The molecule has 0 aliphatic heterocycles. The number of aromatic nitrogens is 3. The zero-order chi connectivity index (χ0) is 20.8. The summed E-state index contributed by atoms with van der Waals surface area (Å²) in [6, 6.07) is 5.65. The second kappa shape index (κ2) is 10.5. The quantitative estimate of drug-likeness (QED) is 0.522. The average molecular weight is 436 g/mol. The van der Waals surface area contributed by atoms with E-state index in [9.17, 15) is 0 Å². The van der Waals surface area contributed by atoms with Crippen LogP contribution in [0.15, 0.2) is 28.9 Å². The normalized spacial score (nSPS) is 10.3. The summed E-state index contributed by atoms with van der Waals surface area (Å²) >= 11 is 0. The van der Waals surface area contributed by atoms with Crippen molar-refractivity contribution in [2.75, 3.05) is 32.4 Å². The molecular formula is C20H26ClN5O4. The number of benzene rings is 1. The highest BCUT2D eigenvalue weighted by Crippen LogP contribution is 2.38. The maximum Gasteiger partial charge on any atom is 0.224 e. The highest BCUT2D eigenvalue weighted by molar-refractivity contribution is 5.85. The molecule has 30 heavy (non-hydrogen) atoms.